The zero-order valence-corrected chi connectivity index (χ0v) is 19.1. The highest BCUT2D eigenvalue weighted by atomic mass is 32.2. The largest absolute Gasteiger partial charge is 0.484 e. The van der Waals surface area contributed by atoms with Gasteiger partial charge in [-0.25, -0.2) is 4.99 Å². The van der Waals surface area contributed by atoms with Gasteiger partial charge in [-0.1, -0.05) is 48.0 Å². The van der Waals surface area contributed by atoms with E-state index in [0.29, 0.717) is 15.8 Å². The van der Waals surface area contributed by atoms with E-state index in [9.17, 15) is 9.59 Å². The monoisotopic (exact) mass is 457 g/mol. The highest BCUT2D eigenvalue weighted by molar-refractivity contribution is 8.18. The summed E-state index contributed by atoms with van der Waals surface area (Å²) >= 11 is 1.34. The number of carbonyl (C=O) groups excluding carboxylic acids is 2. The third kappa shape index (κ3) is 5.90. The molecule has 1 saturated heterocycles. The van der Waals surface area contributed by atoms with Crippen LogP contribution in [-0.2, 0) is 9.59 Å². The maximum Gasteiger partial charge on any atom is 0.266 e. The molecule has 2 amide bonds. The van der Waals surface area contributed by atoms with Gasteiger partial charge in [-0.15, -0.1) is 0 Å². The molecule has 0 aliphatic carbocycles. The number of aryl methyl sites for hydroxylation is 1. The molecule has 0 radical (unpaired) electrons. The Morgan fingerprint density at radius 2 is 1.73 bits per heavy atom. The number of carbonyl (C=O) groups is 2. The lowest BCUT2D eigenvalue weighted by Gasteiger charge is -2.08. The van der Waals surface area contributed by atoms with Crippen LogP contribution in [0.2, 0.25) is 0 Å². The fourth-order valence-electron chi connectivity index (χ4n) is 3.06. The van der Waals surface area contributed by atoms with Gasteiger partial charge in [0.1, 0.15) is 5.75 Å². The Morgan fingerprint density at radius 1 is 1.03 bits per heavy atom. The number of anilines is 1. The summed E-state index contributed by atoms with van der Waals surface area (Å²) in [6.07, 6.45) is 1.83. The SMILES string of the molecule is Cc1ccc(N=C2S/C(=C/c3ccc(OCC(=O)Nc4ccccc4)cc3)C(=O)N2C)cc1. The number of thioether (sulfide) groups is 1. The van der Waals surface area contributed by atoms with Crippen molar-refractivity contribution in [3.8, 4) is 5.75 Å². The molecule has 1 N–H and O–H groups in total. The molecule has 1 fully saturated rings. The lowest BCUT2D eigenvalue weighted by Crippen LogP contribution is -2.23. The van der Waals surface area contributed by atoms with Crippen LogP contribution in [0.4, 0.5) is 11.4 Å². The molecule has 6 nitrogen and oxygen atoms in total. The molecule has 1 aliphatic rings. The molecule has 0 saturated carbocycles. The highest BCUT2D eigenvalue weighted by Gasteiger charge is 2.30. The maximum absolute atomic E-state index is 12.6. The summed E-state index contributed by atoms with van der Waals surface area (Å²) in [5.74, 6) is 0.247. The van der Waals surface area contributed by atoms with Gasteiger partial charge < -0.3 is 10.1 Å². The fourth-order valence-corrected chi connectivity index (χ4v) is 4.05. The van der Waals surface area contributed by atoms with Crippen LogP contribution in [0.3, 0.4) is 0 Å². The first-order valence-corrected chi connectivity index (χ1v) is 11.2. The van der Waals surface area contributed by atoms with Gasteiger partial charge in [-0.2, -0.15) is 0 Å². The first-order chi connectivity index (χ1) is 16.0. The molecule has 0 unspecified atom stereocenters. The zero-order chi connectivity index (χ0) is 23.2. The van der Waals surface area contributed by atoms with Crippen LogP contribution >= 0.6 is 11.8 Å². The molecule has 3 aromatic rings. The van der Waals surface area contributed by atoms with Crippen molar-refractivity contribution in [1.82, 2.24) is 4.90 Å². The number of amides is 2. The van der Waals surface area contributed by atoms with Crippen molar-refractivity contribution in [2.45, 2.75) is 6.92 Å². The van der Waals surface area contributed by atoms with Gasteiger partial charge in [0.05, 0.1) is 10.6 Å². The normalized spacial score (nSPS) is 15.8. The van der Waals surface area contributed by atoms with Crippen LogP contribution in [-0.4, -0.2) is 35.5 Å². The standard InChI is InChI=1S/C26H23N3O3S/c1-18-8-12-21(13-9-18)28-26-29(2)25(31)23(33-26)16-19-10-14-22(15-11-19)32-17-24(30)27-20-6-4-3-5-7-20/h3-16H,17H2,1-2H3,(H,27,30)/b23-16+,28-26?. The van der Waals surface area contributed by atoms with E-state index in [4.69, 9.17) is 4.74 Å². The summed E-state index contributed by atoms with van der Waals surface area (Å²) in [5, 5.41) is 3.41. The summed E-state index contributed by atoms with van der Waals surface area (Å²) in [4.78, 5) is 31.4. The van der Waals surface area contributed by atoms with Gasteiger partial charge in [-0.05, 0) is 66.7 Å². The van der Waals surface area contributed by atoms with Crippen LogP contribution in [0.15, 0.2) is 88.8 Å². The second kappa shape index (κ2) is 10.2. The van der Waals surface area contributed by atoms with Crippen molar-refractivity contribution < 1.29 is 14.3 Å². The Bertz CT molecular complexity index is 1200. The Balaban J connectivity index is 1.37. The van der Waals surface area contributed by atoms with Crippen LogP contribution in [0.5, 0.6) is 5.75 Å². The predicted octanol–water partition coefficient (Wildman–Crippen LogP) is 5.25. The van der Waals surface area contributed by atoms with Crippen LogP contribution < -0.4 is 10.1 Å². The predicted molar refractivity (Wildman–Crippen MR) is 134 cm³/mol. The van der Waals surface area contributed by atoms with Gasteiger partial charge >= 0.3 is 0 Å². The smallest absolute Gasteiger partial charge is 0.266 e. The van der Waals surface area contributed by atoms with Crippen LogP contribution in [0, 0.1) is 6.92 Å². The van der Waals surface area contributed by atoms with Crippen molar-refractivity contribution in [1.29, 1.82) is 0 Å². The van der Waals surface area contributed by atoms with Crippen molar-refractivity contribution in [2.75, 3.05) is 19.0 Å². The number of amidine groups is 1. The number of hydrogen-bond acceptors (Lipinski definition) is 5. The number of hydrogen-bond donors (Lipinski definition) is 1. The number of nitrogens with zero attached hydrogens (tertiary/aromatic N) is 2. The Hall–Kier alpha value is -3.84. The number of nitrogens with one attached hydrogen (secondary N) is 1. The maximum atomic E-state index is 12.6. The minimum absolute atomic E-state index is 0.0900. The van der Waals surface area contributed by atoms with E-state index < -0.39 is 0 Å². The second-order valence-electron chi connectivity index (χ2n) is 7.48. The lowest BCUT2D eigenvalue weighted by molar-refractivity contribution is -0.121. The lowest BCUT2D eigenvalue weighted by atomic mass is 10.2. The van der Waals surface area contributed by atoms with Gasteiger partial charge in [0.15, 0.2) is 11.8 Å². The van der Waals surface area contributed by atoms with E-state index >= 15 is 0 Å². The van der Waals surface area contributed by atoms with Crippen molar-refractivity contribution in [2.24, 2.45) is 4.99 Å². The third-order valence-electron chi connectivity index (χ3n) is 4.87. The van der Waals surface area contributed by atoms with Crippen molar-refractivity contribution in [3.63, 3.8) is 0 Å². The first kappa shape index (κ1) is 22.4. The van der Waals surface area contributed by atoms with Gasteiger partial charge in [0, 0.05) is 12.7 Å². The number of likely N-dealkylation sites (N-methyl/N-ethyl adjacent to an activating group) is 1. The highest BCUT2D eigenvalue weighted by Crippen LogP contribution is 2.33. The van der Waals surface area contributed by atoms with Gasteiger partial charge in [-0.3, -0.25) is 14.5 Å². The number of benzene rings is 3. The molecule has 3 aromatic carbocycles. The Kier molecular flexibility index (Phi) is 6.90. The van der Waals surface area contributed by atoms with Gasteiger partial charge in [0.2, 0.25) is 0 Å². The summed E-state index contributed by atoms with van der Waals surface area (Å²) in [5.41, 5.74) is 3.55. The van der Waals surface area contributed by atoms with E-state index in [1.165, 1.54) is 11.8 Å². The average molecular weight is 458 g/mol. The summed E-state index contributed by atoms with van der Waals surface area (Å²) in [6.45, 7) is 1.93. The van der Waals surface area contributed by atoms with Crippen LogP contribution in [0.1, 0.15) is 11.1 Å². The fraction of sp³-hybridized carbons (Fsp3) is 0.115. The zero-order valence-electron chi connectivity index (χ0n) is 18.3. The van der Waals surface area contributed by atoms with Crippen molar-refractivity contribution >= 4 is 46.2 Å². The number of para-hydroxylation sites is 1. The second-order valence-corrected chi connectivity index (χ2v) is 8.49. The van der Waals surface area contributed by atoms with E-state index in [1.54, 1.807) is 24.1 Å². The van der Waals surface area contributed by atoms with Crippen molar-refractivity contribution in [3.05, 3.63) is 94.9 Å². The molecule has 0 bridgehead atoms. The minimum Gasteiger partial charge on any atom is -0.484 e. The average Bonchev–Trinajstić information content (AvgIpc) is 3.08. The number of aliphatic imine (C=N–C) groups is 1. The molecule has 0 spiro atoms. The van der Waals surface area contributed by atoms with E-state index in [-0.39, 0.29) is 18.4 Å². The van der Waals surface area contributed by atoms with E-state index in [1.807, 2.05) is 79.7 Å². The molecular formula is C26H23N3O3S. The third-order valence-corrected chi connectivity index (χ3v) is 5.93. The van der Waals surface area contributed by atoms with Crippen LogP contribution in [0.25, 0.3) is 6.08 Å². The number of rotatable bonds is 6. The molecule has 33 heavy (non-hydrogen) atoms. The van der Waals surface area contributed by atoms with Gasteiger partial charge in [0.25, 0.3) is 11.8 Å². The Labute approximate surface area is 197 Å². The molecule has 0 atom stereocenters. The summed E-state index contributed by atoms with van der Waals surface area (Å²) in [7, 11) is 1.72. The quantitative estimate of drug-likeness (QED) is 0.514. The molecule has 4 rings (SSSR count). The molecular weight excluding hydrogens is 434 g/mol. The van der Waals surface area contributed by atoms with E-state index in [0.717, 1.165) is 22.5 Å². The number of ether oxygens (including phenoxy) is 1. The topological polar surface area (TPSA) is 71.0 Å². The first-order valence-electron chi connectivity index (χ1n) is 10.4. The minimum atomic E-state index is -0.233. The molecule has 0 aromatic heterocycles. The molecule has 1 aliphatic heterocycles. The molecule has 1 heterocycles. The van der Waals surface area contributed by atoms with E-state index in [2.05, 4.69) is 10.3 Å². The summed E-state index contributed by atoms with van der Waals surface area (Å²) < 4.78 is 5.56. The molecule has 7 heteroatoms. The summed E-state index contributed by atoms with van der Waals surface area (Å²) in [6, 6.07) is 24.3. The molecule has 166 valence electrons. The Morgan fingerprint density at radius 3 is 2.42 bits per heavy atom.